The van der Waals surface area contributed by atoms with E-state index in [-0.39, 0.29) is 24.0 Å². The number of likely N-dealkylation sites (N-methyl/N-ethyl adjacent to an activating group) is 1. The van der Waals surface area contributed by atoms with Crippen molar-refractivity contribution in [3.05, 3.63) is 34.9 Å². The third-order valence-corrected chi connectivity index (χ3v) is 3.35. The van der Waals surface area contributed by atoms with Crippen molar-refractivity contribution >= 4 is 17.9 Å². The molecule has 1 aromatic rings. The van der Waals surface area contributed by atoms with Gasteiger partial charge in [-0.3, -0.25) is 4.79 Å². The molecule has 0 unspecified atom stereocenters. The Morgan fingerprint density at radius 3 is 2.52 bits per heavy atom. The minimum absolute atomic E-state index is 0.0565. The molecule has 0 saturated heterocycles. The number of carbonyl (C=O) groups excluding carboxylic acids is 2. The molecule has 0 aliphatic carbocycles. The van der Waals surface area contributed by atoms with Crippen LogP contribution in [0.2, 0.25) is 0 Å². The van der Waals surface area contributed by atoms with Gasteiger partial charge < -0.3 is 20.2 Å². The van der Waals surface area contributed by atoms with Crippen molar-refractivity contribution in [3.63, 3.8) is 0 Å². The molecule has 7 nitrogen and oxygen atoms in total. The molecule has 0 spiro atoms. The fraction of sp³-hybridized carbons (Fsp3) is 0.357. The van der Waals surface area contributed by atoms with E-state index >= 15 is 0 Å². The largest absolute Gasteiger partial charge is 0.478 e. The summed E-state index contributed by atoms with van der Waals surface area (Å²) in [4.78, 5) is 37.3. The first-order chi connectivity index (χ1) is 9.88. The third-order valence-electron chi connectivity index (χ3n) is 3.35. The number of nitrogens with zero attached hydrogens (tertiary/aromatic N) is 2. The van der Waals surface area contributed by atoms with Gasteiger partial charge in [0.1, 0.15) is 0 Å². The Morgan fingerprint density at radius 1 is 1.24 bits per heavy atom. The van der Waals surface area contributed by atoms with Crippen LogP contribution in [0.15, 0.2) is 18.2 Å². The van der Waals surface area contributed by atoms with Crippen LogP contribution in [0.4, 0.5) is 4.79 Å². The first-order valence-corrected chi connectivity index (χ1v) is 6.46. The number of hydrogen-bond acceptors (Lipinski definition) is 3. The van der Waals surface area contributed by atoms with Gasteiger partial charge in [-0.1, -0.05) is 6.07 Å². The maximum atomic E-state index is 12.0. The summed E-state index contributed by atoms with van der Waals surface area (Å²) >= 11 is 0. The van der Waals surface area contributed by atoms with E-state index in [1.807, 2.05) is 0 Å². The zero-order valence-corrected chi connectivity index (χ0v) is 11.9. The van der Waals surface area contributed by atoms with E-state index in [0.717, 1.165) is 11.1 Å². The van der Waals surface area contributed by atoms with E-state index in [2.05, 4.69) is 5.32 Å². The monoisotopic (exact) mass is 291 g/mol. The molecule has 7 heteroatoms. The predicted octanol–water partition coefficient (Wildman–Crippen LogP) is 0.498. The summed E-state index contributed by atoms with van der Waals surface area (Å²) in [6, 6.07) is 4.49. The fourth-order valence-electron chi connectivity index (χ4n) is 2.09. The normalized spacial score (nSPS) is 12.8. The minimum atomic E-state index is -0.989. The number of rotatable bonds is 3. The molecule has 1 aromatic carbocycles. The van der Waals surface area contributed by atoms with Crippen molar-refractivity contribution in [1.29, 1.82) is 0 Å². The molecule has 1 aliphatic rings. The van der Waals surface area contributed by atoms with Gasteiger partial charge in [0.05, 0.1) is 12.1 Å². The van der Waals surface area contributed by atoms with Gasteiger partial charge in [-0.2, -0.15) is 0 Å². The van der Waals surface area contributed by atoms with Gasteiger partial charge in [0.25, 0.3) is 0 Å². The summed E-state index contributed by atoms with van der Waals surface area (Å²) in [5, 5.41) is 11.5. The molecule has 1 aliphatic heterocycles. The van der Waals surface area contributed by atoms with E-state index in [1.54, 1.807) is 31.1 Å². The van der Waals surface area contributed by atoms with Crippen molar-refractivity contribution in [3.8, 4) is 0 Å². The molecule has 2 N–H and O–H groups in total. The highest BCUT2D eigenvalue weighted by Gasteiger charge is 2.24. The summed E-state index contributed by atoms with van der Waals surface area (Å²) in [7, 11) is 3.24. The Morgan fingerprint density at radius 2 is 1.90 bits per heavy atom. The van der Waals surface area contributed by atoms with Gasteiger partial charge in [-0.15, -0.1) is 0 Å². The molecule has 0 saturated carbocycles. The van der Waals surface area contributed by atoms with Crippen molar-refractivity contribution in [1.82, 2.24) is 15.1 Å². The summed E-state index contributed by atoms with van der Waals surface area (Å²) in [6.45, 7) is 0.703. The molecule has 3 amide bonds. The van der Waals surface area contributed by atoms with Gasteiger partial charge in [0.2, 0.25) is 5.91 Å². The Labute approximate surface area is 122 Å². The maximum absolute atomic E-state index is 12.0. The molecule has 1 heterocycles. The highest BCUT2D eigenvalue weighted by atomic mass is 16.4. The number of carboxylic acid groups (broad SMARTS) is 1. The molecule has 0 atom stereocenters. The Kier molecular flexibility index (Phi) is 4.11. The Hall–Kier alpha value is -2.57. The van der Waals surface area contributed by atoms with E-state index in [0.29, 0.717) is 13.1 Å². The summed E-state index contributed by atoms with van der Waals surface area (Å²) in [5.41, 5.74) is 1.96. The average molecular weight is 291 g/mol. The number of urea groups is 1. The highest BCUT2D eigenvalue weighted by molar-refractivity contribution is 5.88. The van der Waals surface area contributed by atoms with E-state index in [4.69, 9.17) is 5.11 Å². The highest BCUT2D eigenvalue weighted by Crippen LogP contribution is 2.23. The molecular weight excluding hydrogens is 274 g/mol. The van der Waals surface area contributed by atoms with Gasteiger partial charge in [0, 0.05) is 27.2 Å². The van der Waals surface area contributed by atoms with Crippen molar-refractivity contribution in [2.24, 2.45) is 0 Å². The molecule has 0 radical (unpaired) electrons. The number of benzene rings is 1. The van der Waals surface area contributed by atoms with Gasteiger partial charge >= 0.3 is 12.0 Å². The van der Waals surface area contributed by atoms with Crippen LogP contribution in [-0.2, 0) is 17.9 Å². The van der Waals surface area contributed by atoms with E-state index in [9.17, 15) is 14.4 Å². The van der Waals surface area contributed by atoms with Crippen LogP contribution in [0.25, 0.3) is 0 Å². The van der Waals surface area contributed by atoms with Crippen molar-refractivity contribution < 1.29 is 19.5 Å². The lowest BCUT2D eigenvalue weighted by atomic mass is 10.1. The van der Waals surface area contributed by atoms with Crippen LogP contribution in [-0.4, -0.2) is 53.5 Å². The van der Waals surface area contributed by atoms with Crippen molar-refractivity contribution in [2.45, 2.75) is 13.1 Å². The van der Waals surface area contributed by atoms with E-state index < -0.39 is 5.97 Å². The smallest absolute Gasteiger partial charge is 0.335 e. The SMILES string of the molecule is CN(C)C(=O)CNC(=O)N1Cc2ccc(C(=O)O)cc2C1. The Bertz CT molecular complexity index is 598. The Balaban J connectivity index is 1.97. The van der Waals surface area contributed by atoms with Crippen molar-refractivity contribution in [2.75, 3.05) is 20.6 Å². The number of fused-ring (bicyclic) bond motifs is 1. The molecule has 21 heavy (non-hydrogen) atoms. The second-order valence-corrected chi connectivity index (χ2v) is 5.09. The number of carboxylic acids is 1. The van der Waals surface area contributed by atoms with E-state index in [1.165, 1.54) is 11.0 Å². The van der Waals surface area contributed by atoms with Crippen LogP contribution in [0.5, 0.6) is 0 Å². The van der Waals surface area contributed by atoms with Crippen LogP contribution in [0, 0.1) is 0 Å². The number of carbonyl (C=O) groups is 3. The summed E-state index contributed by atoms with van der Waals surface area (Å²) in [6.07, 6.45) is 0. The first kappa shape index (κ1) is 14.8. The second-order valence-electron chi connectivity index (χ2n) is 5.09. The van der Waals surface area contributed by atoms with Crippen LogP contribution in [0.3, 0.4) is 0 Å². The van der Waals surface area contributed by atoms with Crippen LogP contribution >= 0.6 is 0 Å². The van der Waals surface area contributed by atoms with Gasteiger partial charge in [0.15, 0.2) is 0 Å². The van der Waals surface area contributed by atoms with Crippen LogP contribution in [0.1, 0.15) is 21.5 Å². The van der Waals surface area contributed by atoms with Gasteiger partial charge in [-0.25, -0.2) is 9.59 Å². The number of amides is 3. The number of nitrogens with one attached hydrogen (secondary N) is 1. The number of aromatic carboxylic acids is 1. The zero-order chi connectivity index (χ0) is 15.6. The maximum Gasteiger partial charge on any atom is 0.335 e. The summed E-state index contributed by atoms with van der Waals surface area (Å²) in [5.74, 6) is -1.18. The van der Waals surface area contributed by atoms with Crippen LogP contribution < -0.4 is 5.32 Å². The lowest BCUT2D eigenvalue weighted by Crippen LogP contribution is -2.42. The molecular formula is C14H17N3O4. The molecule has 0 fully saturated rings. The fourth-order valence-corrected chi connectivity index (χ4v) is 2.09. The summed E-state index contributed by atoms with van der Waals surface area (Å²) < 4.78 is 0. The number of hydrogen-bond donors (Lipinski definition) is 2. The first-order valence-electron chi connectivity index (χ1n) is 6.46. The molecule has 112 valence electrons. The zero-order valence-electron chi connectivity index (χ0n) is 11.9. The predicted molar refractivity (Wildman–Crippen MR) is 74.7 cm³/mol. The standard InChI is InChI=1S/C14H17N3O4/c1-16(2)12(18)6-15-14(21)17-7-10-4-3-9(13(19)20)5-11(10)8-17/h3-5H,6-8H2,1-2H3,(H,15,21)(H,19,20). The third kappa shape index (κ3) is 3.31. The lowest BCUT2D eigenvalue weighted by molar-refractivity contribution is -0.127. The second kappa shape index (κ2) is 5.82. The molecule has 0 aromatic heterocycles. The topological polar surface area (TPSA) is 90.0 Å². The average Bonchev–Trinajstić information content (AvgIpc) is 2.86. The molecule has 0 bridgehead atoms. The quantitative estimate of drug-likeness (QED) is 0.848. The molecule has 2 rings (SSSR count). The van der Waals surface area contributed by atoms with Gasteiger partial charge in [-0.05, 0) is 23.3 Å². The lowest BCUT2D eigenvalue weighted by Gasteiger charge is -2.17. The minimum Gasteiger partial charge on any atom is -0.478 e.